The fourth-order valence-corrected chi connectivity index (χ4v) is 2.84. The van der Waals surface area contributed by atoms with Gasteiger partial charge >= 0.3 is 5.97 Å². The van der Waals surface area contributed by atoms with Crippen LogP contribution in [0.15, 0.2) is 17.2 Å². The molecule has 0 saturated heterocycles. The lowest BCUT2D eigenvalue weighted by atomic mass is 10.3. The van der Waals surface area contributed by atoms with Crippen LogP contribution in [-0.2, 0) is 21.3 Å². The van der Waals surface area contributed by atoms with Crippen molar-refractivity contribution in [3.05, 3.63) is 18.0 Å². The van der Waals surface area contributed by atoms with E-state index < -0.39 is 16.0 Å². The molecule has 1 heterocycles. The van der Waals surface area contributed by atoms with Crippen LogP contribution in [0.3, 0.4) is 0 Å². The van der Waals surface area contributed by atoms with E-state index in [1.54, 1.807) is 0 Å². The number of carbonyl (C=O) groups excluding carboxylic acids is 1. The summed E-state index contributed by atoms with van der Waals surface area (Å²) < 4.78 is 29.5. The molecule has 0 atom stereocenters. The van der Waals surface area contributed by atoms with Gasteiger partial charge in [-0.1, -0.05) is 0 Å². The third kappa shape index (κ3) is 3.16. The molecule has 0 bridgehead atoms. The largest absolute Gasteiger partial charge is 0.458 e. The summed E-state index contributed by atoms with van der Waals surface area (Å²) in [6.45, 7) is 2.30. The number of carbonyl (C=O) groups is 1. The minimum atomic E-state index is -3.80. The van der Waals surface area contributed by atoms with Crippen molar-refractivity contribution in [2.75, 3.05) is 0 Å². The van der Waals surface area contributed by atoms with Gasteiger partial charge in [0.25, 0.3) is 0 Å². The van der Waals surface area contributed by atoms with E-state index in [4.69, 9.17) is 9.88 Å². The molecular weight excluding hydrogens is 268 g/mol. The van der Waals surface area contributed by atoms with Crippen LogP contribution in [0.2, 0.25) is 0 Å². The Hall–Kier alpha value is -1.34. The summed E-state index contributed by atoms with van der Waals surface area (Å²) in [4.78, 5) is 12.0. The predicted molar refractivity (Wildman–Crippen MR) is 69.2 cm³/mol. The topological polar surface area (TPSA) is 91.4 Å². The second-order valence-corrected chi connectivity index (χ2v) is 6.27. The molecule has 2 N–H and O–H groups in total. The smallest absolute Gasteiger partial charge is 0.355 e. The normalized spacial score (nSPS) is 16.7. The molecule has 1 aromatic heterocycles. The van der Waals surface area contributed by atoms with Gasteiger partial charge in [0.05, 0.1) is 0 Å². The summed E-state index contributed by atoms with van der Waals surface area (Å²) in [5.74, 6) is -0.483. The van der Waals surface area contributed by atoms with Crippen LogP contribution < -0.4 is 5.14 Å². The summed E-state index contributed by atoms with van der Waals surface area (Å²) in [6.07, 6.45) is 5.19. The van der Waals surface area contributed by atoms with Gasteiger partial charge in [0, 0.05) is 12.7 Å². The van der Waals surface area contributed by atoms with E-state index in [9.17, 15) is 13.2 Å². The van der Waals surface area contributed by atoms with Crippen LogP contribution in [0.5, 0.6) is 0 Å². The molecule has 6 nitrogen and oxygen atoms in total. The van der Waals surface area contributed by atoms with Gasteiger partial charge < -0.3 is 9.30 Å². The molecule has 0 amide bonds. The third-order valence-electron chi connectivity index (χ3n) is 3.33. The highest BCUT2D eigenvalue weighted by Crippen LogP contribution is 2.23. The van der Waals surface area contributed by atoms with Gasteiger partial charge in [0.15, 0.2) is 0 Å². The van der Waals surface area contributed by atoms with Crippen LogP contribution in [0.4, 0.5) is 0 Å². The zero-order valence-corrected chi connectivity index (χ0v) is 11.6. The highest BCUT2D eigenvalue weighted by Gasteiger charge is 2.24. The van der Waals surface area contributed by atoms with Crippen molar-refractivity contribution in [3.8, 4) is 0 Å². The number of esters is 1. The number of rotatable bonds is 4. The number of sulfonamides is 1. The number of nitrogens with two attached hydrogens (primary N) is 1. The summed E-state index contributed by atoms with van der Waals surface area (Å²) in [5.41, 5.74) is 0.235. The highest BCUT2D eigenvalue weighted by molar-refractivity contribution is 7.89. The average molecular weight is 286 g/mol. The van der Waals surface area contributed by atoms with E-state index in [2.05, 4.69) is 0 Å². The minimum absolute atomic E-state index is 0.0503. The second-order valence-electron chi connectivity index (χ2n) is 4.70. The zero-order valence-electron chi connectivity index (χ0n) is 10.8. The van der Waals surface area contributed by atoms with Crippen molar-refractivity contribution >= 4 is 16.0 Å². The maximum absolute atomic E-state index is 12.0. The minimum Gasteiger partial charge on any atom is -0.458 e. The first-order valence-electron chi connectivity index (χ1n) is 6.35. The quantitative estimate of drug-likeness (QED) is 0.843. The summed E-state index contributed by atoms with van der Waals surface area (Å²) in [5, 5.41) is 5.06. The highest BCUT2D eigenvalue weighted by atomic mass is 32.2. The first kappa shape index (κ1) is 14.1. The molecule has 1 aromatic rings. The first-order chi connectivity index (χ1) is 8.91. The molecule has 1 aliphatic rings. The Bertz CT molecular complexity index is 571. The van der Waals surface area contributed by atoms with Gasteiger partial charge in [-0.05, 0) is 38.7 Å². The number of hydrogen-bond acceptors (Lipinski definition) is 4. The molecule has 0 unspecified atom stereocenters. The molecule has 0 spiro atoms. The van der Waals surface area contributed by atoms with E-state index in [-0.39, 0.29) is 16.7 Å². The molecule has 1 fully saturated rings. The lowest BCUT2D eigenvalue weighted by molar-refractivity contribution is 0.0305. The van der Waals surface area contributed by atoms with E-state index >= 15 is 0 Å². The molecule has 1 saturated carbocycles. The van der Waals surface area contributed by atoms with Crippen LogP contribution >= 0.6 is 0 Å². The number of nitrogens with zero attached hydrogens (tertiary/aromatic N) is 1. The van der Waals surface area contributed by atoms with E-state index in [0.29, 0.717) is 6.54 Å². The molecular formula is C12H18N2O4S. The molecule has 1 aliphatic carbocycles. The lowest BCUT2D eigenvalue weighted by Gasteiger charge is -2.12. The maximum Gasteiger partial charge on any atom is 0.355 e. The molecule has 0 aromatic carbocycles. The fraction of sp³-hybridized carbons (Fsp3) is 0.583. The van der Waals surface area contributed by atoms with Gasteiger partial charge in [-0.3, -0.25) is 0 Å². The fourth-order valence-electron chi connectivity index (χ4n) is 2.29. The van der Waals surface area contributed by atoms with Gasteiger partial charge in [-0.25, -0.2) is 18.4 Å². The molecule has 7 heteroatoms. The Morgan fingerprint density at radius 1 is 1.47 bits per heavy atom. The molecule has 19 heavy (non-hydrogen) atoms. The average Bonchev–Trinajstić information content (AvgIpc) is 2.95. The summed E-state index contributed by atoms with van der Waals surface area (Å²) >= 11 is 0. The molecule has 0 aliphatic heterocycles. The van der Waals surface area contributed by atoms with Crippen LogP contribution in [0.1, 0.15) is 43.1 Å². The van der Waals surface area contributed by atoms with Crippen molar-refractivity contribution in [1.29, 1.82) is 0 Å². The number of primary sulfonamides is 1. The van der Waals surface area contributed by atoms with E-state index in [0.717, 1.165) is 25.7 Å². The zero-order chi connectivity index (χ0) is 14.0. The SMILES string of the molecule is CCn1cc(S(N)(=O)=O)cc1C(=O)OC1CCCC1. The Kier molecular flexibility index (Phi) is 3.96. The van der Waals surface area contributed by atoms with Crippen LogP contribution in [-0.4, -0.2) is 25.1 Å². The number of aromatic nitrogens is 1. The Labute approximate surface area is 112 Å². The van der Waals surface area contributed by atoms with E-state index in [1.807, 2.05) is 6.92 Å². The monoisotopic (exact) mass is 286 g/mol. The summed E-state index contributed by atoms with van der Waals surface area (Å²) in [7, 11) is -3.80. The maximum atomic E-state index is 12.0. The van der Waals surface area contributed by atoms with Crippen molar-refractivity contribution in [2.45, 2.75) is 50.2 Å². The second kappa shape index (κ2) is 5.34. The third-order valence-corrected chi connectivity index (χ3v) is 4.21. The first-order valence-corrected chi connectivity index (χ1v) is 7.90. The number of hydrogen-bond donors (Lipinski definition) is 1. The predicted octanol–water partition coefficient (Wildman–Crippen LogP) is 1.25. The summed E-state index contributed by atoms with van der Waals surface area (Å²) in [6, 6.07) is 1.27. The van der Waals surface area contributed by atoms with Crippen molar-refractivity contribution in [1.82, 2.24) is 4.57 Å². The Morgan fingerprint density at radius 2 is 2.11 bits per heavy atom. The van der Waals surface area contributed by atoms with Crippen LogP contribution in [0.25, 0.3) is 0 Å². The number of ether oxygens (including phenoxy) is 1. The number of aryl methyl sites for hydroxylation is 1. The Morgan fingerprint density at radius 3 is 2.63 bits per heavy atom. The van der Waals surface area contributed by atoms with Crippen molar-refractivity contribution in [3.63, 3.8) is 0 Å². The molecule has 0 radical (unpaired) electrons. The van der Waals surface area contributed by atoms with Gasteiger partial charge in [-0.2, -0.15) is 0 Å². The Balaban J connectivity index is 2.22. The van der Waals surface area contributed by atoms with Crippen molar-refractivity contribution < 1.29 is 17.9 Å². The van der Waals surface area contributed by atoms with E-state index in [1.165, 1.54) is 16.8 Å². The van der Waals surface area contributed by atoms with Gasteiger partial charge in [0.1, 0.15) is 16.7 Å². The van der Waals surface area contributed by atoms with Gasteiger partial charge in [-0.15, -0.1) is 0 Å². The van der Waals surface area contributed by atoms with Gasteiger partial charge in [0.2, 0.25) is 10.0 Å². The molecule has 2 rings (SSSR count). The lowest BCUT2D eigenvalue weighted by Crippen LogP contribution is -2.17. The van der Waals surface area contributed by atoms with Crippen LogP contribution in [0, 0.1) is 0 Å². The molecule has 106 valence electrons. The van der Waals surface area contributed by atoms with Crippen molar-refractivity contribution in [2.24, 2.45) is 5.14 Å². The standard InChI is InChI=1S/C12H18N2O4S/c1-2-14-8-10(19(13,16)17)7-11(14)12(15)18-9-5-3-4-6-9/h7-9H,2-6H2,1H3,(H2,13,16,17).